The minimum Gasteiger partial charge on any atom is -0.493 e. The van der Waals surface area contributed by atoms with Gasteiger partial charge >= 0.3 is 0 Å². The van der Waals surface area contributed by atoms with Gasteiger partial charge in [0.2, 0.25) is 5.88 Å². The second kappa shape index (κ2) is 5.75. The van der Waals surface area contributed by atoms with Gasteiger partial charge in [-0.1, -0.05) is 29.8 Å². The molecule has 2 aromatic carbocycles. The van der Waals surface area contributed by atoms with Gasteiger partial charge in [-0.15, -0.1) is 10.2 Å². The van der Waals surface area contributed by atoms with Gasteiger partial charge in [-0.05, 0) is 24.3 Å². The molecule has 7 heteroatoms. The topological polar surface area (TPSA) is 82.7 Å². The van der Waals surface area contributed by atoms with Crippen molar-refractivity contribution in [3.05, 3.63) is 63.9 Å². The van der Waals surface area contributed by atoms with Crippen molar-refractivity contribution in [3.63, 3.8) is 0 Å². The first-order chi connectivity index (χ1) is 12.0. The molecule has 0 bridgehead atoms. The lowest BCUT2D eigenvalue weighted by molar-refractivity contribution is 0.459. The normalized spacial score (nSPS) is 11.8. The summed E-state index contributed by atoms with van der Waals surface area (Å²) in [4.78, 5) is 15.0. The molecule has 0 atom stereocenters. The van der Waals surface area contributed by atoms with Gasteiger partial charge in [0.15, 0.2) is 5.69 Å². The molecule has 25 heavy (non-hydrogen) atoms. The number of aromatic amines is 1. The fourth-order valence-electron chi connectivity index (χ4n) is 2.82. The van der Waals surface area contributed by atoms with E-state index in [0.717, 1.165) is 10.9 Å². The van der Waals surface area contributed by atoms with E-state index in [1.54, 1.807) is 29.8 Å². The average molecular weight is 353 g/mol. The van der Waals surface area contributed by atoms with Gasteiger partial charge in [0.25, 0.3) is 5.56 Å². The summed E-state index contributed by atoms with van der Waals surface area (Å²) in [5.41, 5.74) is 2.00. The van der Waals surface area contributed by atoms with E-state index in [4.69, 9.17) is 11.6 Å². The molecule has 4 rings (SSSR count). The van der Waals surface area contributed by atoms with Crippen LogP contribution in [-0.2, 0) is 7.05 Å². The zero-order valence-corrected chi connectivity index (χ0v) is 13.9. The van der Waals surface area contributed by atoms with Crippen LogP contribution in [0.1, 0.15) is 0 Å². The maximum absolute atomic E-state index is 12.1. The third-order valence-corrected chi connectivity index (χ3v) is 4.34. The van der Waals surface area contributed by atoms with Crippen molar-refractivity contribution in [1.82, 2.24) is 9.55 Å². The van der Waals surface area contributed by atoms with E-state index >= 15 is 0 Å². The Balaban J connectivity index is 1.90. The van der Waals surface area contributed by atoms with Crippen LogP contribution in [0.3, 0.4) is 0 Å². The summed E-state index contributed by atoms with van der Waals surface area (Å²) in [6.07, 6.45) is 0. The number of nitrogens with one attached hydrogen (secondary N) is 1. The van der Waals surface area contributed by atoms with Gasteiger partial charge in [-0.3, -0.25) is 4.79 Å². The molecule has 124 valence electrons. The van der Waals surface area contributed by atoms with Crippen molar-refractivity contribution < 1.29 is 5.11 Å². The van der Waals surface area contributed by atoms with Crippen LogP contribution in [0.15, 0.2) is 63.6 Å². The van der Waals surface area contributed by atoms with Crippen LogP contribution in [0.25, 0.3) is 21.8 Å². The predicted molar refractivity (Wildman–Crippen MR) is 98.3 cm³/mol. The Morgan fingerprint density at radius 1 is 1.08 bits per heavy atom. The SMILES string of the molecule is Cn1c(=O)cc(N=Nc2c(O)[nH]c3ccc(Cl)cc23)c2ccccc21. The molecule has 0 fully saturated rings. The molecule has 0 spiro atoms. The summed E-state index contributed by atoms with van der Waals surface area (Å²) in [7, 11) is 1.71. The lowest BCUT2D eigenvalue weighted by Gasteiger charge is -2.05. The molecular formula is C18H13ClN4O2. The molecule has 0 aliphatic heterocycles. The summed E-state index contributed by atoms with van der Waals surface area (Å²) >= 11 is 6.02. The van der Waals surface area contributed by atoms with Gasteiger partial charge in [-0.2, -0.15) is 0 Å². The van der Waals surface area contributed by atoms with Crippen molar-refractivity contribution in [2.75, 3.05) is 0 Å². The first-order valence-electron chi connectivity index (χ1n) is 7.55. The van der Waals surface area contributed by atoms with E-state index in [0.29, 0.717) is 21.6 Å². The largest absolute Gasteiger partial charge is 0.493 e. The van der Waals surface area contributed by atoms with E-state index in [2.05, 4.69) is 15.2 Å². The summed E-state index contributed by atoms with van der Waals surface area (Å²) in [5, 5.41) is 20.4. The Morgan fingerprint density at radius 3 is 2.72 bits per heavy atom. The van der Waals surface area contributed by atoms with E-state index < -0.39 is 0 Å². The summed E-state index contributed by atoms with van der Waals surface area (Å²) in [6.45, 7) is 0. The zero-order valence-electron chi connectivity index (χ0n) is 13.2. The van der Waals surface area contributed by atoms with E-state index in [9.17, 15) is 9.90 Å². The molecule has 4 aromatic rings. The molecule has 6 nitrogen and oxygen atoms in total. The van der Waals surface area contributed by atoms with Crippen LogP contribution >= 0.6 is 11.6 Å². The molecule has 0 aliphatic rings. The first-order valence-corrected chi connectivity index (χ1v) is 7.93. The molecule has 0 amide bonds. The van der Waals surface area contributed by atoms with Gasteiger partial charge < -0.3 is 14.7 Å². The van der Waals surface area contributed by atoms with E-state index in [1.807, 2.05) is 24.3 Å². The van der Waals surface area contributed by atoms with Gasteiger partial charge in [0.05, 0.1) is 11.0 Å². The summed E-state index contributed by atoms with van der Waals surface area (Å²) in [5.74, 6) is -0.103. The maximum Gasteiger partial charge on any atom is 0.252 e. The molecule has 0 aliphatic carbocycles. The molecule has 2 heterocycles. The van der Waals surface area contributed by atoms with Crippen LogP contribution in [0.4, 0.5) is 11.4 Å². The number of H-pyrrole nitrogens is 1. The average Bonchev–Trinajstić information content (AvgIpc) is 2.91. The van der Waals surface area contributed by atoms with Crippen molar-refractivity contribution >= 4 is 44.8 Å². The molecule has 0 saturated heterocycles. The van der Waals surface area contributed by atoms with E-state index in [1.165, 1.54) is 6.07 Å². The quantitative estimate of drug-likeness (QED) is 0.508. The molecule has 2 N–H and O–H groups in total. The highest BCUT2D eigenvalue weighted by molar-refractivity contribution is 6.31. The van der Waals surface area contributed by atoms with Crippen LogP contribution in [0.2, 0.25) is 5.02 Å². The van der Waals surface area contributed by atoms with Crippen LogP contribution in [0, 0.1) is 0 Å². The lowest BCUT2D eigenvalue weighted by Crippen LogP contribution is -2.15. The fourth-order valence-corrected chi connectivity index (χ4v) is 2.99. The van der Waals surface area contributed by atoms with Gasteiger partial charge in [0.1, 0.15) is 5.69 Å². The third-order valence-electron chi connectivity index (χ3n) is 4.10. The van der Waals surface area contributed by atoms with Crippen LogP contribution < -0.4 is 5.56 Å². The smallest absolute Gasteiger partial charge is 0.252 e. The second-order valence-corrected chi connectivity index (χ2v) is 6.09. The maximum atomic E-state index is 12.1. The minimum atomic E-state index is -0.182. The summed E-state index contributed by atoms with van der Waals surface area (Å²) < 4.78 is 1.55. The number of aromatic nitrogens is 2. The zero-order chi connectivity index (χ0) is 17.6. The molecule has 0 saturated carbocycles. The Hall–Kier alpha value is -3.12. The number of hydrogen-bond acceptors (Lipinski definition) is 4. The second-order valence-electron chi connectivity index (χ2n) is 5.66. The summed E-state index contributed by atoms with van der Waals surface area (Å²) in [6, 6.07) is 14.0. The third kappa shape index (κ3) is 2.56. The number of rotatable bonds is 2. The number of aromatic hydroxyl groups is 1. The number of nitrogens with zero attached hydrogens (tertiary/aromatic N) is 3. The monoisotopic (exact) mass is 352 g/mol. The lowest BCUT2D eigenvalue weighted by atomic mass is 10.2. The van der Waals surface area contributed by atoms with Crippen molar-refractivity contribution in [2.24, 2.45) is 17.3 Å². The molecule has 0 unspecified atom stereocenters. The Labute approximate surface area is 147 Å². The highest BCUT2D eigenvalue weighted by Gasteiger charge is 2.11. The number of halogens is 1. The van der Waals surface area contributed by atoms with E-state index in [-0.39, 0.29) is 17.1 Å². The van der Waals surface area contributed by atoms with Crippen molar-refractivity contribution in [3.8, 4) is 5.88 Å². The number of fused-ring (bicyclic) bond motifs is 2. The number of pyridine rings is 1. The molecule has 0 radical (unpaired) electrons. The van der Waals surface area contributed by atoms with Gasteiger partial charge in [0, 0.05) is 28.9 Å². The minimum absolute atomic E-state index is 0.103. The number of benzene rings is 2. The Morgan fingerprint density at radius 2 is 1.88 bits per heavy atom. The van der Waals surface area contributed by atoms with Crippen molar-refractivity contribution in [1.29, 1.82) is 0 Å². The number of hydrogen-bond donors (Lipinski definition) is 2. The Bertz CT molecular complexity index is 1210. The highest BCUT2D eigenvalue weighted by atomic mass is 35.5. The number of azo groups is 1. The van der Waals surface area contributed by atoms with Crippen molar-refractivity contribution in [2.45, 2.75) is 0 Å². The fraction of sp³-hybridized carbons (Fsp3) is 0.0556. The standard InChI is InChI=1S/C18H13ClN4O2/c1-23-15-5-3-2-4-11(15)14(9-16(23)24)21-22-17-12-8-10(19)6-7-13(12)20-18(17)25/h2-9,20,25H,1H3. The molecular weight excluding hydrogens is 340 g/mol. The van der Waals surface area contributed by atoms with Crippen LogP contribution in [0.5, 0.6) is 5.88 Å². The Kier molecular flexibility index (Phi) is 3.54. The van der Waals surface area contributed by atoms with Gasteiger partial charge in [-0.25, -0.2) is 0 Å². The first kappa shape index (κ1) is 15.4. The number of aryl methyl sites for hydroxylation is 1. The van der Waals surface area contributed by atoms with Crippen LogP contribution in [-0.4, -0.2) is 14.7 Å². The predicted octanol–water partition coefficient (Wildman–Crippen LogP) is 4.79. The number of para-hydroxylation sites is 1. The highest BCUT2D eigenvalue weighted by Crippen LogP contribution is 2.38. The molecule has 2 aromatic heterocycles.